The molecule has 0 spiro atoms. The van der Waals surface area contributed by atoms with Gasteiger partial charge in [0, 0.05) is 42.8 Å². The van der Waals surface area contributed by atoms with E-state index in [2.05, 4.69) is 4.98 Å². The molecule has 2 aliphatic heterocycles. The van der Waals surface area contributed by atoms with E-state index < -0.39 is 11.5 Å². The van der Waals surface area contributed by atoms with Crippen molar-refractivity contribution in [2.24, 2.45) is 16.6 Å². The topological polar surface area (TPSA) is 99.3 Å². The number of methoxy groups -OCH3 is 1. The van der Waals surface area contributed by atoms with Crippen LogP contribution in [0.5, 0.6) is 5.75 Å². The molecule has 1 amide bonds. The van der Waals surface area contributed by atoms with Gasteiger partial charge in [-0.15, -0.1) is 0 Å². The Morgan fingerprint density at radius 3 is 2.88 bits per heavy atom. The minimum absolute atomic E-state index is 0.0175. The Labute approximate surface area is 192 Å². The van der Waals surface area contributed by atoms with Crippen LogP contribution in [0.2, 0.25) is 0 Å². The number of piperidine rings is 1. The predicted molar refractivity (Wildman–Crippen MR) is 121 cm³/mol. The molecule has 0 saturated carbocycles. The molecule has 9 heteroatoms. The number of likely N-dealkylation sites (tertiary alicyclic amines) is 1. The first-order chi connectivity index (χ1) is 15.7. The van der Waals surface area contributed by atoms with Crippen LogP contribution in [-0.4, -0.2) is 54.4 Å². The van der Waals surface area contributed by atoms with Crippen LogP contribution in [0.3, 0.4) is 0 Å². The van der Waals surface area contributed by atoms with Crippen LogP contribution in [0, 0.1) is 11.9 Å². The third-order valence-electron chi connectivity index (χ3n) is 6.29. The first-order valence-electron chi connectivity index (χ1n) is 11.0. The fourth-order valence-electron chi connectivity index (χ4n) is 4.63. The Kier molecular flexibility index (Phi) is 6.14. The third kappa shape index (κ3) is 4.31. The van der Waals surface area contributed by atoms with Gasteiger partial charge in [-0.2, -0.15) is 4.39 Å². The minimum Gasteiger partial charge on any atom is -0.490 e. The van der Waals surface area contributed by atoms with Crippen LogP contribution in [0.4, 0.5) is 9.18 Å². The van der Waals surface area contributed by atoms with Crippen LogP contribution in [0.1, 0.15) is 32.8 Å². The quantitative estimate of drug-likeness (QED) is 0.430. The molecule has 2 N–H and O–H groups in total. The number of benzene rings is 1. The van der Waals surface area contributed by atoms with Crippen LogP contribution >= 0.6 is 0 Å². The van der Waals surface area contributed by atoms with E-state index in [0.717, 1.165) is 5.56 Å². The summed E-state index contributed by atoms with van der Waals surface area (Å²) in [6.45, 7) is 6.46. The zero-order valence-electron chi connectivity index (χ0n) is 19.2. The Balaban J connectivity index is 1.79. The number of amidine groups is 1. The number of pyridine rings is 1. The summed E-state index contributed by atoms with van der Waals surface area (Å²) in [6.07, 6.45) is 1.26. The fourth-order valence-corrected chi connectivity index (χ4v) is 4.63. The number of aromatic nitrogens is 1. The molecular weight excluding hydrogens is 427 g/mol. The fraction of sp³-hybridized carbons (Fsp3) is 0.458. The second kappa shape index (κ2) is 8.88. The number of fused-ring (bicyclic) bond motifs is 2. The number of carbonyl (C=O) groups excluding carboxylic acids is 1. The summed E-state index contributed by atoms with van der Waals surface area (Å²) in [5.74, 6) is -0.132. The van der Waals surface area contributed by atoms with E-state index in [1.54, 1.807) is 23.1 Å². The normalized spacial score (nSPS) is 24.5. The number of aliphatic imine (C=N–C) groups is 1. The molecule has 2 aliphatic rings. The summed E-state index contributed by atoms with van der Waals surface area (Å²) in [5.41, 5.74) is 6.89. The molecule has 4 rings (SSSR count). The summed E-state index contributed by atoms with van der Waals surface area (Å²) < 4.78 is 31.3. The number of halogens is 1. The molecule has 1 aromatic heterocycles. The molecule has 33 heavy (non-hydrogen) atoms. The number of hydrogen-bond acceptors (Lipinski definition) is 6. The average molecular weight is 457 g/mol. The molecule has 0 radical (unpaired) electrons. The lowest BCUT2D eigenvalue weighted by Gasteiger charge is -2.49. The van der Waals surface area contributed by atoms with Crippen LogP contribution in [-0.2, 0) is 15.0 Å². The van der Waals surface area contributed by atoms with Crippen molar-refractivity contribution in [1.82, 2.24) is 9.88 Å². The molecular formula is C24H29FN4O4. The van der Waals surface area contributed by atoms with Gasteiger partial charge in [0.1, 0.15) is 11.9 Å². The molecule has 2 aromatic rings. The third-order valence-corrected chi connectivity index (χ3v) is 6.29. The van der Waals surface area contributed by atoms with Crippen molar-refractivity contribution < 1.29 is 23.4 Å². The second-order valence-corrected chi connectivity index (χ2v) is 8.78. The molecule has 1 aromatic carbocycles. The molecule has 1 saturated heterocycles. The Hall–Kier alpha value is -3.36. The number of carbonyl (C=O) groups is 1. The van der Waals surface area contributed by atoms with Crippen molar-refractivity contribution >= 4 is 12.1 Å². The maximum Gasteiger partial charge on any atom is 0.410 e. The Bertz CT molecular complexity index is 1080. The van der Waals surface area contributed by atoms with Gasteiger partial charge in [0.2, 0.25) is 5.95 Å². The van der Waals surface area contributed by atoms with Gasteiger partial charge >= 0.3 is 6.09 Å². The van der Waals surface area contributed by atoms with E-state index in [0.29, 0.717) is 36.4 Å². The van der Waals surface area contributed by atoms with Gasteiger partial charge in [0.25, 0.3) is 6.02 Å². The zero-order chi connectivity index (χ0) is 23.8. The summed E-state index contributed by atoms with van der Waals surface area (Å²) in [6, 6.07) is 8.85. The highest BCUT2D eigenvalue weighted by atomic mass is 19.1. The van der Waals surface area contributed by atoms with Crippen molar-refractivity contribution in [2.75, 3.05) is 20.2 Å². The number of rotatable bonds is 3. The summed E-state index contributed by atoms with van der Waals surface area (Å²) >= 11 is 0. The molecule has 2 unspecified atom stereocenters. The van der Waals surface area contributed by atoms with E-state index in [1.165, 1.54) is 13.3 Å². The van der Waals surface area contributed by atoms with Gasteiger partial charge in [-0.3, -0.25) is 0 Å². The van der Waals surface area contributed by atoms with Crippen molar-refractivity contribution in [3.05, 3.63) is 48.0 Å². The average Bonchev–Trinajstić information content (AvgIpc) is 2.79. The number of amides is 1. The van der Waals surface area contributed by atoms with Gasteiger partial charge in [-0.25, -0.2) is 14.8 Å². The predicted octanol–water partition coefficient (Wildman–Crippen LogP) is 3.69. The lowest BCUT2D eigenvalue weighted by molar-refractivity contribution is -0.0157. The number of ether oxygens (including phenoxy) is 3. The van der Waals surface area contributed by atoms with Gasteiger partial charge in [0.15, 0.2) is 0 Å². The van der Waals surface area contributed by atoms with E-state index in [-0.39, 0.29) is 30.2 Å². The first kappa shape index (κ1) is 22.8. The van der Waals surface area contributed by atoms with Gasteiger partial charge in [-0.05, 0) is 50.6 Å². The minimum atomic E-state index is -0.885. The Morgan fingerprint density at radius 2 is 2.18 bits per heavy atom. The molecule has 8 nitrogen and oxygen atoms in total. The van der Waals surface area contributed by atoms with Gasteiger partial charge in [-0.1, -0.05) is 6.07 Å². The summed E-state index contributed by atoms with van der Waals surface area (Å²) in [5, 5.41) is 0. The monoisotopic (exact) mass is 456 g/mol. The highest BCUT2D eigenvalue weighted by molar-refractivity contribution is 5.73. The van der Waals surface area contributed by atoms with Crippen LogP contribution in [0.25, 0.3) is 11.1 Å². The SMILES string of the molecule is CO/C(N)=N\C1(C)c2cc(-c3cccnc3F)ccc2OC2CCN(C(=O)OC(C)C)C[C@@H]21. The number of nitrogens with zero attached hydrogens (tertiary/aromatic N) is 3. The van der Waals surface area contributed by atoms with Crippen molar-refractivity contribution in [3.63, 3.8) is 0 Å². The molecule has 3 heterocycles. The number of hydrogen-bond donors (Lipinski definition) is 1. The maximum absolute atomic E-state index is 14.4. The highest BCUT2D eigenvalue weighted by Crippen LogP contribution is 2.49. The molecule has 0 bridgehead atoms. The zero-order valence-corrected chi connectivity index (χ0v) is 19.2. The smallest absolute Gasteiger partial charge is 0.410 e. The van der Waals surface area contributed by atoms with E-state index in [9.17, 15) is 9.18 Å². The lowest BCUT2D eigenvalue weighted by atomic mass is 9.71. The standard InChI is InChI=1S/C24H29FN4O4/c1-14(2)32-23(30)29-11-9-20-18(13-29)24(3,28-22(26)31-4)17-12-15(7-8-19(17)33-20)16-6-5-10-27-21(16)25/h5-8,10,12,14,18,20H,9,11,13H2,1-4H3,(H2,26,28)/t18-,20?,24?/m0/s1. The van der Waals surface area contributed by atoms with Gasteiger partial charge < -0.3 is 24.8 Å². The van der Waals surface area contributed by atoms with E-state index in [4.69, 9.17) is 24.9 Å². The molecule has 1 fully saturated rings. The van der Waals surface area contributed by atoms with E-state index in [1.807, 2.05) is 32.9 Å². The second-order valence-electron chi connectivity index (χ2n) is 8.78. The maximum atomic E-state index is 14.4. The lowest BCUT2D eigenvalue weighted by Crippen LogP contribution is -2.57. The molecule has 176 valence electrons. The van der Waals surface area contributed by atoms with Crippen LogP contribution < -0.4 is 10.5 Å². The van der Waals surface area contributed by atoms with Crippen molar-refractivity contribution in [2.45, 2.75) is 44.9 Å². The van der Waals surface area contributed by atoms with Gasteiger partial charge in [0.05, 0.1) is 18.8 Å². The van der Waals surface area contributed by atoms with E-state index >= 15 is 0 Å². The van der Waals surface area contributed by atoms with Crippen molar-refractivity contribution in [1.29, 1.82) is 0 Å². The highest BCUT2D eigenvalue weighted by Gasteiger charge is 2.51. The first-order valence-corrected chi connectivity index (χ1v) is 11.0. The number of nitrogens with two attached hydrogens (primary N) is 1. The molecule has 0 aliphatic carbocycles. The molecule has 3 atom stereocenters. The van der Waals surface area contributed by atoms with Crippen LogP contribution in [0.15, 0.2) is 41.5 Å². The summed E-state index contributed by atoms with van der Waals surface area (Å²) in [4.78, 5) is 22.8. The largest absolute Gasteiger partial charge is 0.490 e. The summed E-state index contributed by atoms with van der Waals surface area (Å²) in [7, 11) is 1.45. The van der Waals surface area contributed by atoms with Crippen molar-refractivity contribution in [3.8, 4) is 16.9 Å². The Morgan fingerprint density at radius 1 is 1.39 bits per heavy atom.